The van der Waals surface area contributed by atoms with Gasteiger partial charge in [0.05, 0.1) is 18.8 Å². The Hall–Kier alpha value is -1.34. The number of piperazine rings is 1. The first-order chi connectivity index (χ1) is 14.8. The molecule has 1 saturated heterocycles. The molecule has 1 N–H and O–H groups in total. The predicted molar refractivity (Wildman–Crippen MR) is 119 cm³/mol. The van der Waals surface area contributed by atoms with Gasteiger partial charge in [-0.2, -0.15) is 0 Å². The van der Waals surface area contributed by atoms with Crippen LogP contribution in [-0.4, -0.2) is 73.2 Å². The Morgan fingerprint density at radius 3 is 2.55 bits per heavy atom. The summed E-state index contributed by atoms with van der Waals surface area (Å²) in [5.41, 5.74) is 1.88. The van der Waals surface area contributed by atoms with Gasteiger partial charge in [0.15, 0.2) is 11.5 Å². The lowest BCUT2D eigenvalue weighted by Gasteiger charge is -2.39. The van der Waals surface area contributed by atoms with Crippen molar-refractivity contribution in [2.24, 2.45) is 16.7 Å². The Morgan fingerprint density at radius 1 is 1.10 bits per heavy atom. The van der Waals surface area contributed by atoms with Gasteiger partial charge in [-0.15, -0.1) is 0 Å². The van der Waals surface area contributed by atoms with E-state index in [0.717, 1.165) is 56.6 Å². The minimum atomic E-state index is -0.411. The highest BCUT2D eigenvalue weighted by Gasteiger charge is 2.61. The molecule has 2 aliphatic heterocycles. The molecule has 4 unspecified atom stereocenters. The molecule has 0 amide bonds. The number of aliphatic hydroxyl groups excluding tert-OH is 1. The molecule has 5 rings (SSSR count). The van der Waals surface area contributed by atoms with E-state index >= 15 is 0 Å². The maximum absolute atomic E-state index is 10.6. The maximum atomic E-state index is 10.6. The second-order valence-electron chi connectivity index (χ2n) is 10.9. The number of β-amino-alcohol motifs (C(OH)–C–C–N with tert-alkyl or cyclic N) is 1. The van der Waals surface area contributed by atoms with Crippen LogP contribution in [0.4, 0.5) is 0 Å². The van der Waals surface area contributed by atoms with E-state index in [4.69, 9.17) is 14.2 Å². The largest absolute Gasteiger partial charge is 0.454 e. The molecule has 2 aliphatic carbocycles. The van der Waals surface area contributed by atoms with Gasteiger partial charge in [0.1, 0.15) is 0 Å². The van der Waals surface area contributed by atoms with Crippen molar-refractivity contribution in [1.82, 2.24) is 9.80 Å². The number of fused-ring (bicyclic) bond motifs is 3. The molecule has 31 heavy (non-hydrogen) atoms. The molecule has 0 aromatic heterocycles. The van der Waals surface area contributed by atoms with E-state index in [1.165, 1.54) is 18.4 Å². The summed E-state index contributed by atoms with van der Waals surface area (Å²) in [6.45, 7) is 13.6. The van der Waals surface area contributed by atoms with Gasteiger partial charge in [-0.1, -0.05) is 26.8 Å². The average molecular weight is 431 g/mol. The molecular formula is C25H38N2O4. The van der Waals surface area contributed by atoms with Gasteiger partial charge < -0.3 is 19.3 Å². The summed E-state index contributed by atoms with van der Waals surface area (Å²) in [6, 6.07) is 6.22. The predicted octanol–water partition coefficient (Wildman–Crippen LogP) is 3.13. The smallest absolute Gasteiger partial charge is 0.231 e. The summed E-state index contributed by atoms with van der Waals surface area (Å²) >= 11 is 0. The SMILES string of the molecule is CC1(C)C2CCC1(C)C(OCC(O)CN1CCN(Cc3ccc4c(c3)OCO4)CC1)C2. The molecule has 4 aliphatic rings. The van der Waals surface area contributed by atoms with Crippen LogP contribution < -0.4 is 9.47 Å². The number of ether oxygens (including phenoxy) is 3. The van der Waals surface area contributed by atoms with Crippen LogP contribution in [0.3, 0.4) is 0 Å². The Bertz CT molecular complexity index is 792. The molecule has 0 spiro atoms. The fourth-order valence-electron chi connectivity index (χ4n) is 6.39. The molecule has 0 radical (unpaired) electrons. The van der Waals surface area contributed by atoms with E-state index in [9.17, 15) is 5.11 Å². The van der Waals surface area contributed by atoms with Crippen LogP contribution in [0.2, 0.25) is 0 Å². The van der Waals surface area contributed by atoms with Crippen molar-refractivity contribution in [3.63, 3.8) is 0 Å². The minimum absolute atomic E-state index is 0.262. The topological polar surface area (TPSA) is 54.4 Å². The first-order valence-corrected chi connectivity index (χ1v) is 12.0. The quantitative estimate of drug-likeness (QED) is 0.717. The van der Waals surface area contributed by atoms with Crippen molar-refractivity contribution in [1.29, 1.82) is 0 Å². The van der Waals surface area contributed by atoms with Gasteiger partial charge in [-0.25, -0.2) is 0 Å². The first kappa shape index (κ1) is 21.5. The fourth-order valence-corrected chi connectivity index (χ4v) is 6.39. The zero-order chi connectivity index (χ0) is 21.6. The van der Waals surface area contributed by atoms with Gasteiger partial charge in [-0.3, -0.25) is 9.80 Å². The van der Waals surface area contributed by atoms with Gasteiger partial charge >= 0.3 is 0 Å². The van der Waals surface area contributed by atoms with Crippen molar-refractivity contribution < 1.29 is 19.3 Å². The number of aliphatic hydroxyl groups is 1. The van der Waals surface area contributed by atoms with E-state index in [1.807, 2.05) is 6.07 Å². The first-order valence-electron chi connectivity index (χ1n) is 12.0. The lowest BCUT2D eigenvalue weighted by Crippen LogP contribution is -2.49. The Labute approximate surface area is 186 Å². The number of rotatable bonds is 7. The monoisotopic (exact) mass is 430 g/mol. The van der Waals surface area contributed by atoms with Gasteiger partial charge in [0, 0.05) is 39.3 Å². The molecule has 3 fully saturated rings. The number of nitrogens with zero attached hydrogens (tertiary/aromatic N) is 2. The average Bonchev–Trinajstić information content (AvgIpc) is 3.35. The van der Waals surface area contributed by atoms with Crippen molar-refractivity contribution in [3.8, 4) is 11.5 Å². The highest BCUT2D eigenvalue weighted by Crippen LogP contribution is 2.66. The molecule has 1 aromatic carbocycles. The van der Waals surface area contributed by atoms with Crippen molar-refractivity contribution in [2.75, 3.05) is 46.1 Å². The molecule has 6 nitrogen and oxygen atoms in total. The van der Waals surface area contributed by atoms with Crippen LogP contribution in [0.15, 0.2) is 18.2 Å². The summed E-state index contributed by atoms with van der Waals surface area (Å²) in [4.78, 5) is 4.84. The lowest BCUT2D eigenvalue weighted by molar-refractivity contribution is -0.0807. The van der Waals surface area contributed by atoms with E-state index in [1.54, 1.807) is 0 Å². The van der Waals surface area contributed by atoms with Crippen molar-refractivity contribution in [3.05, 3.63) is 23.8 Å². The number of hydrogen-bond acceptors (Lipinski definition) is 6. The molecule has 2 heterocycles. The summed E-state index contributed by atoms with van der Waals surface area (Å²) in [6.07, 6.45) is 3.65. The van der Waals surface area contributed by atoms with Gasteiger partial charge in [0.25, 0.3) is 0 Å². The summed E-state index contributed by atoms with van der Waals surface area (Å²) in [7, 11) is 0. The zero-order valence-corrected chi connectivity index (χ0v) is 19.3. The summed E-state index contributed by atoms with van der Waals surface area (Å²) in [5.74, 6) is 2.47. The zero-order valence-electron chi connectivity index (χ0n) is 19.3. The van der Waals surface area contributed by atoms with Crippen LogP contribution in [0, 0.1) is 16.7 Å². The van der Waals surface area contributed by atoms with Crippen LogP contribution >= 0.6 is 0 Å². The second kappa shape index (κ2) is 8.22. The highest BCUT2D eigenvalue weighted by atomic mass is 16.7. The van der Waals surface area contributed by atoms with Crippen LogP contribution in [-0.2, 0) is 11.3 Å². The van der Waals surface area contributed by atoms with Crippen LogP contribution in [0.5, 0.6) is 11.5 Å². The third kappa shape index (κ3) is 3.97. The molecule has 172 valence electrons. The number of benzene rings is 1. The molecule has 2 bridgehead atoms. The standard InChI is InChI=1S/C25H38N2O4/c1-24(2)19-6-7-25(24,3)23(13-19)29-16-20(28)15-27-10-8-26(9-11-27)14-18-4-5-21-22(12-18)31-17-30-21/h4-5,12,19-20,23,28H,6-11,13-17H2,1-3H3. The van der Waals surface area contributed by atoms with E-state index in [2.05, 4.69) is 42.7 Å². The Kier molecular flexibility index (Phi) is 5.70. The molecule has 4 atom stereocenters. The molecule has 6 heteroatoms. The van der Waals surface area contributed by atoms with Crippen LogP contribution in [0.1, 0.15) is 45.6 Å². The van der Waals surface area contributed by atoms with E-state index in [0.29, 0.717) is 31.5 Å². The third-order valence-electron chi connectivity index (χ3n) is 8.98. The Morgan fingerprint density at radius 2 is 1.84 bits per heavy atom. The molecule has 2 saturated carbocycles. The highest BCUT2D eigenvalue weighted by molar-refractivity contribution is 5.44. The fraction of sp³-hybridized carbons (Fsp3) is 0.760. The van der Waals surface area contributed by atoms with E-state index in [-0.39, 0.29) is 5.41 Å². The van der Waals surface area contributed by atoms with Gasteiger partial charge in [-0.05, 0) is 53.7 Å². The van der Waals surface area contributed by atoms with Crippen molar-refractivity contribution in [2.45, 2.75) is 58.8 Å². The van der Waals surface area contributed by atoms with Gasteiger partial charge in [0.2, 0.25) is 6.79 Å². The normalized spacial score (nSPS) is 33.2. The second-order valence-corrected chi connectivity index (χ2v) is 10.9. The van der Waals surface area contributed by atoms with Crippen molar-refractivity contribution >= 4 is 0 Å². The third-order valence-corrected chi connectivity index (χ3v) is 8.98. The summed E-state index contributed by atoms with van der Waals surface area (Å²) < 4.78 is 17.2. The lowest BCUT2D eigenvalue weighted by atomic mass is 9.70. The summed E-state index contributed by atoms with van der Waals surface area (Å²) in [5, 5.41) is 10.6. The maximum Gasteiger partial charge on any atom is 0.231 e. The molecule has 1 aromatic rings. The Balaban J connectivity index is 1.04. The van der Waals surface area contributed by atoms with E-state index < -0.39 is 6.10 Å². The number of hydrogen-bond donors (Lipinski definition) is 1. The molecular weight excluding hydrogens is 392 g/mol. The van der Waals surface area contributed by atoms with Crippen LogP contribution in [0.25, 0.3) is 0 Å². The minimum Gasteiger partial charge on any atom is -0.454 e.